The van der Waals surface area contributed by atoms with Crippen molar-refractivity contribution in [3.05, 3.63) is 35.4 Å². The summed E-state index contributed by atoms with van der Waals surface area (Å²) in [5, 5.41) is 7.86. The largest absolute Gasteiger partial charge is 0.244 e. The lowest BCUT2D eigenvalue weighted by molar-refractivity contribution is 1.23. The monoisotopic (exact) mass is 186 g/mol. The van der Waals surface area contributed by atoms with E-state index in [0.29, 0.717) is 0 Å². The van der Waals surface area contributed by atoms with Crippen LogP contribution in [0.4, 0.5) is 0 Å². The molecule has 13 heavy (non-hydrogen) atoms. The third-order valence-electron chi connectivity index (χ3n) is 2.13. The molecular formula is C10H6N2S. The van der Waals surface area contributed by atoms with Crippen LogP contribution in [0, 0.1) is 0 Å². The predicted octanol–water partition coefficient (Wildman–Crippen LogP) is 2.84. The Morgan fingerprint density at radius 3 is 3.00 bits per heavy atom. The maximum Gasteiger partial charge on any atom is 0.116 e. The van der Waals surface area contributed by atoms with Crippen molar-refractivity contribution < 1.29 is 0 Å². The van der Waals surface area contributed by atoms with E-state index in [-0.39, 0.29) is 0 Å². The van der Waals surface area contributed by atoms with Gasteiger partial charge in [0.2, 0.25) is 0 Å². The summed E-state index contributed by atoms with van der Waals surface area (Å²) in [6.07, 6.45) is 3.44. The summed E-state index contributed by atoms with van der Waals surface area (Å²) in [4.78, 5) is 8.27. The molecular weight excluding hydrogens is 180 g/mol. The van der Waals surface area contributed by atoms with Gasteiger partial charge in [-0.1, -0.05) is 12.1 Å². The van der Waals surface area contributed by atoms with Crippen molar-refractivity contribution in [2.24, 2.45) is 0 Å². The fourth-order valence-electron chi connectivity index (χ4n) is 1.50. The number of hydrogen-bond acceptors (Lipinski definition) is 3. The summed E-state index contributed by atoms with van der Waals surface area (Å²) in [7, 11) is 0. The van der Waals surface area contributed by atoms with Crippen LogP contribution in [0.25, 0.3) is 21.7 Å². The van der Waals surface area contributed by atoms with Crippen LogP contribution in [0.2, 0.25) is 0 Å². The fraction of sp³-hybridized carbons (Fsp3) is 0. The Hall–Kier alpha value is -1.48. The molecule has 0 N–H and O–H groups in total. The molecule has 0 aliphatic heterocycles. The smallest absolute Gasteiger partial charge is 0.116 e. The van der Waals surface area contributed by atoms with E-state index in [2.05, 4.69) is 32.9 Å². The summed E-state index contributed by atoms with van der Waals surface area (Å²) >= 11 is 1.71. The summed E-state index contributed by atoms with van der Waals surface area (Å²) in [6.45, 7) is 0. The average molecular weight is 186 g/mol. The number of rotatable bonds is 0. The minimum atomic E-state index is 1.05. The summed E-state index contributed by atoms with van der Waals surface area (Å²) < 4.78 is 0. The van der Waals surface area contributed by atoms with E-state index in [1.165, 1.54) is 10.8 Å². The highest BCUT2D eigenvalue weighted by Gasteiger charge is 2.00. The Labute approximate surface area is 78.9 Å². The molecule has 0 saturated carbocycles. The van der Waals surface area contributed by atoms with Gasteiger partial charge in [0, 0.05) is 22.3 Å². The Kier molecular flexibility index (Phi) is 1.34. The molecule has 0 bridgehead atoms. The van der Waals surface area contributed by atoms with E-state index >= 15 is 0 Å². The number of aromatic nitrogens is 2. The lowest BCUT2D eigenvalue weighted by atomic mass is 10.1. The molecule has 62 valence electrons. The quantitative estimate of drug-likeness (QED) is 0.539. The van der Waals surface area contributed by atoms with E-state index in [0.717, 1.165) is 10.9 Å². The highest BCUT2D eigenvalue weighted by atomic mass is 32.1. The lowest BCUT2D eigenvalue weighted by Gasteiger charge is -1.96. The van der Waals surface area contributed by atoms with E-state index in [9.17, 15) is 0 Å². The molecule has 0 aliphatic rings. The molecule has 0 amide bonds. The molecule has 2 nitrogen and oxygen atoms in total. The van der Waals surface area contributed by atoms with Gasteiger partial charge in [0.05, 0.1) is 5.52 Å². The van der Waals surface area contributed by atoms with Crippen LogP contribution in [0.5, 0.6) is 0 Å². The van der Waals surface area contributed by atoms with Crippen LogP contribution in [0.15, 0.2) is 35.4 Å². The van der Waals surface area contributed by atoms with Gasteiger partial charge in [-0.2, -0.15) is 11.3 Å². The van der Waals surface area contributed by atoms with Crippen LogP contribution < -0.4 is 0 Å². The first kappa shape index (κ1) is 6.97. The number of nitrogens with zero attached hydrogens (tertiary/aromatic N) is 2. The number of hydrogen-bond donors (Lipinski definition) is 0. The van der Waals surface area contributed by atoms with Gasteiger partial charge in [0.25, 0.3) is 0 Å². The zero-order chi connectivity index (χ0) is 8.67. The maximum atomic E-state index is 4.28. The third kappa shape index (κ3) is 0.939. The van der Waals surface area contributed by atoms with Crippen LogP contribution in [0.3, 0.4) is 0 Å². The van der Waals surface area contributed by atoms with Gasteiger partial charge in [0.1, 0.15) is 6.33 Å². The molecule has 0 atom stereocenters. The average Bonchev–Trinajstić information content (AvgIpc) is 2.65. The standard InChI is InChI=1S/C10H6N2S/c1-2-8-4-13-5-9(8)10-7(1)3-11-6-12-10/h1-6H. The van der Waals surface area contributed by atoms with E-state index in [4.69, 9.17) is 0 Å². The van der Waals surface area contributed by atoms with Gasteiger partial charge in [-0.3, -0.25) is 0 Å². The Morgan fingerprint density at radius 2 is 2.00 bits per heavy atom. The molecule has 3 heteroatoms. The van der Waals surface area contributed by atoms with Crippen molar-refractivity contribution in [2.45, 2.75) is 0 Å². The molecule has 3 rings (SSSR count). The summed E-state index contributed by atoms with van der Waals surface area (Å²) in [5.74, 6) is 0. The van der Waals surface area contributed by atoms with Crippen LogP contribution in [0.1, 0.15) is 0 Å². The van der Waals surface area contributed by atoms with E-state index < -0.39 is 0 Å². The Morgan fingerprint density at radius 1 is 1.08 bits per heavy atom. The molecule has 0 aliphatic carbocycles. The third-order valence-corrected chi connectivity index (χ3v) is 2.89. The molecule has 0 fully saturated rings. The van der Waals surface area contributed by atoms with Crippen LogP contribution in [-0.2, 0) is 0 Å². The molecule has 2 aromatic heterocycles. The Balaban J connectivity index is 2.65. The minimum absolute atomic E-state index is 1.05. The molecule has 0 saturated heterocycles. The van der Waals surface area contributed by atoms with Crippen molar-refractivity contribution >= 4 is 33.0 Å². The molecule has 0 radical (unpaired) electrons. The van der Waals surface area contributed by atoms with Crippen LogP contribution >= 0.6 is 11.3 Å². The number of benzene rings is 1. The van der Waals surface area contributed by atoms with E-state index in [1.54, 1.807) is 17.7 Å². The van der Waals surface area contributed by atoms with Gasteiger partial charge >= 0.3 is 0 Å². The predicted molar refractivity (Wildman–Crippen MR) is 54.9 cm³/mol. The fourth-order valence-corrected chi connectivity index (χ4v) is 2.30. The lowest BCUT2D eigenvalue weighted by Crippen LogP contribution is -1.80. The molecule has 0 spiro atoms. The second-order valence-corrected chi connectivity index (χ2v) is 3.64. The first-order valence-corrected chi connectivity index (χ1v) is 4.94. The van der Waals surface area contributed by atoms with Crippen molar-refractivity contribution in [3.63, 3.8) is 0 Å². The minimum Gasteiger partial charge on any atom is -0.244 e. The first-order chi connectivity index (χ1) is 6.45. The van der Waals surface area contributed by atoms with Crippen molar-refractivity contribution in [1.82, 2.24) is 9.97 Å². The van der Waals surface area contributed by atoms with Crippen molar-refractivity contribution in [1.29, 1.82) is 0 Å². The summed E-state index contributed by atoms with van der Waals surface area (Å²) in [6, 6.07) is 4.17. The number of thiophene rings is 1. The second kappa shape index (κ2) is 2.50. The first-order valence-electron chi connectivity index (χ1n) is 4.00. The highest BCUT2D eigenvalue weighted by molar-refractivity contribution is 7.09. The summed E-state index contributed by atoms with van der Waals surface area (Å²) in [5.41, 5.74) is 1.05. The van der Waals surface area contributed by atoms with Gasteiger partial charge in [-0.25, -0.2) is 9.97 Å². The Bertz CT molecular complexity index is 571. The van der Waals surface area contributed by atoms with Crippen molar-refractivity contribution in [3.8, 4) is 0 Å². The van der Waals surface area contributed by atoms with Crippen molar-refractivity contribution in [2.75, 3.05) is 0 Å². The SMILES string of the molecule is c1ncc2ccc3cscc3c2n1. The van der Waals surface area contributed by atoms with Gasteiger partial charge in [-0.15, -0.1) is 0 Å². The second-order valence-electron chi connectivity index (χ2n) is 2.90. The molecule has 3 aromatic rings. The highest BCUT2D eigenvalue weighted by Crippen LogP contribution is 2.25. The zero-order valence-electron chi connectivity index (χ0n) is 6.77. The normalized spacial score (nSPS) is 11.1. The topological polar surface area (TPSA) is 25.8 Å². The van der Waals surface area contributed by atoms with Gasteiger partial charge in [-0.05, 0) is 10.8 Å². The zero-order valence-corrected chi connectivity index (χ0v) is 7.58. The molecule has 0 unspecified atom stereocenters. The van der Waals surface area contributed by atoms with E-state index in [1.807, 2.05) is 6.20 Å². The van der Waals surface area contributed by atoms with Gasteiger partial charge < -0.3 is 0 Å². The molecule has 1 aromatic carbocycles. The van der Waals surface area contributed by atoms with Crippen LogP contribution in [-0.4, -0.2) is 9.97 Å². The van der Waals surface area contributed by atoms with Gasteiger partial charge in [0.15, 0.2) is 0 Å². The maximum absolute atomic E-state index is 4.28. The number of fused-ring (bicyclic) bond motifs is 3. The molecule has 2 heterocycles.